The summed E-state index contributed by atoms with van der Waals surface area (Å²) in [4.78, 5) is 10.1. The lowest BCUT2D eigenvalue weighted by Gasteiger charge is -1.94. The molecule has 1 aliphatic heterocycles. The lowest BCUT2D eigenvalue weighted by atomic mass is 10.6. The predicted octanol–water partition coefficient (Wildman–Crippen LogP) is -2.19. The van der Waals surface area contributed by atoms with E-state index in [1.165, 1.54) is 4.58 Å². The van der Waals surface area contributed by atoms with Crippen LogP contribution in [-0.2, 0) is 9.53 Å². The Morgan fingerprint density at radius 3 is 2.78 bits per heavy atom. The Morgan fingerprint density at radius 1 is 1.89 bits per heavy atom. The highest BCUT2D eigenvalue weighted by molar-refractivity contribution is 6.28. The summed E-state index contributed by atoms with van der Waals surface area (Å²) in [5, 5.41) is 10.1. The largest absolute Gasteiger partial charge is 0.537 e. The van der Waals surface area contributed by atoms with Gasteiger partial charge in [0.1, 0.15) is 7.05 Å². The molecule has 0 fully saturated rings. The molecule has 4 heteroatoms. The van der Waals surface area contributed by atoms with Crippen molar-refractivity contribution in [3.05, 3.63) is 0 Å². The summed E-state index contributed by atoms with van der Waals surface area (Å²) in [6.07, 6.45) is 0. The van der Waals surface area contributed by atoms with E-state index in [9.17, 15) is 9.90 Å². The molecule has 0 bridgehead atoms. The fourth-order valence-corrected chi connectivity index (χ4v) is 0.706. The molecule has 0 N–H and O–H groups in total. The van der Waals surface area contributed by atoms with Gasteiger partial charge in [0.05, 0.1) is 0 Å². The van der Waals surface area contributed by atoms with Crippen molar-refractivity contribution in [1.82, 2.24) is 0 Å². The molecule has 0 aromatic heterocycles. The van der Waals surface area contributed by atoms with Gasteiger partial charge in [-0.15, -0.1) is 0 Å². The van der Waals surface area contributed by atoms with Crippen LogP contribution in [0.3, 0.4) is 0 Å². The Morgan fingerprint density at radius 2 is 2.56 bits per heavy atom. The SMILES string of the molecule is C[N+]1=C(C(=O)[O-])OCC1. The van der Waals surface area contributed by atoms with Crippen LogP contribution >= 0.6 is 0 Å². The molecule has 0 aliphatic carbocycles. The Balaban J connectivity index is 2.78. The number of carboxylic acid groups (broad SMARTS) is 1. The highest BCUT2D eigenvalue weighted by Crippen LogP contribution is 1.90. The van der Waals surface area contributed by atoms with E-state index < -0.39 is 5.97 Å². The van der Waals surface area contributed by atoms with Gasteiger partial charge in [-0.3, -0.25) is 0 Å². The molecule has 0 atom stereocenters. The number of hydrogen-bond acceptors (Lipinski definition) is 3. The van der Waals surface area contributed by atoms with Gasteiger partial charge in [0.25, 0.3) is 0 Å². The first-order valence-corrected chi connectivity index (χ1v) is 2.64. The van der Waals surface area contributed by atoms with Crippen LogP contribution in [0.1, 0.15) is 0 Å². The molecule has 50 valence electrons. The van der Waals surface area contributed by atoms with Gasteiger partial charge in [-0.05, 0) is 0 Å². The molecule has 0 saturated carbocycles. The highest BCUT2D eigenvalue weighted by Gasteiger charge is 2.20. The van der Waals surface area contributed by atoms with Gasteiger partial charge >= 0.3 is 5.90 Å². The Bertz CT molecular complexity index is 173. The smallest absolute Gasteiger partial charge is 0.386 e. The highest BCUT2D eigenvalue weighted by atomic mass is 16.5. The molecule has 9 heavy (non-hydrogen) atoms. The van der Waals surface area contributed by atoms with E-state index in [0.717, 1.165) is 0 Å². The molecule has 0 amide bonds. The van der Waals surface area contributed by atoms with Crippen molar-refractivity contribution >= 4 is 11.9 Å². The van der Waals surface area contributed by atoms with E-state index in [0.29, 0.717) is 13.2 Å². The Kier molecular flexibility index (Phi) is 1.38. The Hall–Kier alpha value is -1.06. The molecule has 0 aromatic carbocycles. The first kappa shape index (κ1) is 6.07. The van der Waals surface area contributed by atoms with E-state index in [4.69, 9.17) is 4.74 Å². The van der Waals surface area contributed by atoms with Gasteiger partial charge < -0.3 is 14.6 Å². The second-order valence-electron chi connectivity index (χ2n) is 1.86. The second-order valence-corrected chi connectivity index (χ2v) is 1.86. The number of hydrogen-bond donors (Lipinski definition) is 0. The number of carbonyl (C=O) groups excluding carboxylic acids is 1. The monoisotopic (exact) mass is 129 g/mol. The maximum absolute atomic E-state index is 10.1. The van der Waals surface area contributed by atoms with Crippen LogP contribution in [-0.4, -0.2) is 36.6 Å². The lowest BCUT2D eigenvalue weighted by molar-refractivity contribution is -0.488. The van der Waals surface area contributed by atoms with Crippen LogP contribution in [0.25, 0.3) is 0 Å². The average molecular weight is 129 g/mol. The zero-order valence-electron chi connectivity index (χ0n) is 5.09. The minimum Gasteiger partial charge on any atom is -0.537 e. The Labute approximate surface area is 52.4 Å². The van der Waals surface area contributed by atoms with Crippen molar-refractivity contribution in [1.29, 1.82) is 0 Å². The van der Waals surface area contributed by atoms with Gasteiger partial charge in [0.2, 0.25) is 0 Å². The van der Waals surface area contributed by atoms with Gasteiger partial charge in [0.15, 0.2) is 19.1 Å². The molecule has 1 rings (SSSR count). The molecule has 1 heterocycles. The molecule has 0 unspecified atom stereocenters. The van der Waals surface area contributed by atoms with E-state index in [-0.39, 0.29) is 5.90 Å². The molecule has 0 radical (unpaired) electrons. The topological polar surface area (TPSA) is 52.4 Å². The average Bonchev–Trinajstić information content (AvgIpc) is 2.13. The predicted molar refractivity (Wildman–Crippen MR) is 27.0 cm³/mol. The summed E-state index contributed by atoms with van der Waals surface area (Å²) in [5.74, 6) is -1.30. The van der Waals surface area contributed by atoms with Crippen molar-refractivity contribution in [3.8, 4) is 0 Å². The van der Waals surface area contributed by atoms with E-state index >= 15 is 0 Å². The minimum atomic E-state index is -1.24. The normalized spacial score (nSPS) is 17.9. The summed E-state index contributed by atoms with van der Waals surface area (Å²) in [7, 11) is 1.65. The maximum atomic E-state index is 10.1. The molecule has 1 aliphatic rings. The van der Waals surface area contributed by atoms with Crippen LogP contribution in [0, 0.1) is 0 Å². The molecule has 0 spiro atoms. The van der Waals surface area contributed by atoms with Crippen LogP contribution in [0.2, 0.25) is 0 Å². The van der Waals surface area contributed by atoms with Gasteiger partial charge in [0, 0.05) is 0 Å². The standard InChI is InChI=1S/C5H7NO3/c1-6-2-3-9-4(6)5(7)8/h2-3H2,1H3. The third kappa shape index (κ3) is 1.01. The van der Waals surface area contributed by atoms with Crippen LogP contribution in [0.15, 0.2) is 0 Å². The number of rotatable bonds is 1. The summed E-state index contributed by atoms with van der Waals surface area (Å²) >= 11 is 0. The number of nitrogens with zero attached hydrogens (tertiary/aromatic N) is 1. The first-order valence-electron chi connectivity index (χ1n) is 2.64. The fourth-order valence-electron chi connectivity index (χ4n) is 0.706. The molecular weight excluding hydrogens is 122 g/mol. The first-order chi connectivity index (χ1) is 4.22. The van der Waals surface area contributed by atoms with Crippen LogP contribution in [0.4, 0.5) is 0 Å². The maximum Gasteiger partial charge on any atom is 0.386 e. The minimum absolute atomic E-state index is 0.0602. The van der Waals surface area contributed by atoms with Crippen molar-refractivity contribution in [2.45, 2.75) is 0 Å². The van der Waals surface area contributed by atoms with E-state index in [1.807, 2.05) is 0 Å². The third-order valence-electron chi connectivity index (χ3n) is 1.19. The number of aliphatic carboxylic acids is 1. The van der Waals surface area contributed by atoms with Gasteiger partial charge in [-0.1, -0.05) is 0 Å². The van der Waals surface area contributed by atoms with Crippen molar-refractivity contribution in [2.24, 2.45) is 0 Å². The lowest BCUT2D eigenvalue weighted by Crippen LogP contribution is -2.35. The number of carboxylic acids is 1. The quantitative estimate of drug-likeness (QED) is 0.378. The molecule has 0 aromatic rings. The van der Waals surface area contributed by atoms with Crippen molar-refractivity contribution < 1.29 is 19.2 Å². The van der Waals surface area contributed by atoms with Gasteiger partial charge in [-0.2, -0.15) is 4.58 Å². The fraction of sp³-hybridized carbons (Fsp3) is 0.600. The summed E-state index contributed by atoms with van der Waals surface area (Å²) < 4.78 is 6.22. The van der Waals surface area contributed by atoms with E-state index in [1.54, 1.807) is 7.05 Å². The molecular formula is C5H7NO3. The molecule has 4 nitrogen and oxygen atoms in total. The number of likely N-dealkylation sites (N-methyl/N-ethyl adjacent to an activating group) is 1. The zero-order valence-corrected chi connectivity index (χ0v) is 5.09. The summed E-state index contributed by atoms with van der Waals surface area (Å²) in [6.45, 7) is 1.07. The summed E-state index contributed by atoms with van der Waals surface area (Å²) in [6, 6.07) is 0. The van der Waals surface area contributed by atoms with Gasteiger partial charge in [-0.25, -0.2) is 0 Å². The molecule has 0 saturated heterocycles. The number of ether oxygens (including phenoxy) is 1. The van der Waals surface area contributed by atoms with Crippen molar-refractivity contribution in [3.63, 3.8) is 0 Å². The third-order valence-corrected chi connectivity index (χ3v) is 1.19. The number of carbonyl (C=O) groups is 1. The van der Waals surface area contributed by atoms with E-state index in [2.05, 4.69) is 0 Å². The zero-order chi connectivity index (χ0) is 6.85. The summed E-state index contributed by atoms with van der Waals surface area (Å²) in [5.41, 5.74) is 0. The van der Waals surface area contributed by atoms with Crippen molar-refractivity contribution in [2.75, 3.05) is 20.2 Å². The van der Waals surface area contributed by atoms with Crippen LogP contribution in [0.5, 0.6) is 0 Å². The second kappa shape index (κ2) is 2.05. The van der Waals surface area contributed by atoms with Crippen LogP contribution < -0.4 is 5.11 Å².